The molecule has 0 aromatic heterocycles. The Kier molecular flexibility index (Phi) is 5.28. The third-order valence-electron chi connectivity index (χ3n) is 3.52. The summed E-state index contributed by atoms with van der Waals surface area (Å²) >= 11 is 0. The van der Waals surface area contributed by atoms with E-state index in [-0.39, 0.29) is 11.5 Å². The van der Waals surface area contributed by atoms with E-state index in [4.69, 9.17) is 9.05 Å². The molecular formula is C14H29O3PSi. The van der Waals surface area contributed by atoms with Crippen molar-refractivity contribution in [2.24, 2.45) is 5.41 Å². The molecule has 0 saturated carbocycles. The summed E-state index contributed by atoms with van der Waals surface area (Å²) in [6.07, 6.45) is 4.12. The van der Waals surface area contributed by atoms with Crippen LogP contribution in [0.3, 0.4) is 0 Å². The molecule has 19 heavy (non-hydrogen) atoms. The molecule has 0 radical (unpaired) electrons. The lowest BCUT2D eigenvalue weighted by molar-refractivity contribution is 0.0691. The van der Waals surface area contributed by atoms with Crippen LogP contribution in [0.2, 0.25) is 19.6 Å². The lowest BCUT2D eigenvalue weighted by Gasteiger charge is -2.42. The van der Waals surface area contributed by atoms with Crippen LogP contribution in [0.15, 0.2) is 11.0 Å². The largest absolute Gasteiger partial charge is 0.353 e. The maximum absolute atomic E-state index is 13.1. The molecule has 2 atom stereocenters. The molecule has 0 fully saturated rings. The van der Waals surface area contributed by atoms with Crippen molar-refractivity contribution < 1.29 is 13.6 Å². The van der Waals surface area contributed by atoms with E-state index in [1.807, 2.05) is 6.92 Å². The van der Waals surface area contributed by atoms with Crippen molar-refractivity contribution in [3.63, 3.8) is 0 Å². The summed E-state index contributed by atoms with van der Waals surface area (Å²) in [5.74, 6) is 0. The van der Waals surface area contributed by atoms with Crippen molar-refractivity contribution >= 4 is 15.7 Å². The lowest BCUT2D eigenvalue weighted by atomic mass is 9.84. The Bertz CT molecular complexity index is 396. The minimum Gasteiger partial charge on any atom is -0.306 e. The van der Waals surface area contributed by atoms with E-state index < -0.39 is 15.7 Å². The van der Waals surface area contributed by atoms with Gasteiger partial charge in [-0.2, -0.15) is 0 Å². The Balaban J connectivity index is 3.27. The van der Waals surface area contributed by atoms with Crippen molar-refractivity contribution in [2.75, 3.05) is 6.61 Å². The first-order valence-electron chi connectivity index (χ1n) is 7.23. The summed E-state index contributed by atoms with van der Waals surface area (Å²) in [4.78, 5) is 0.958. The molecule has 0 saturated heterocycles. The van der Waals surface area contributed by atoms with Gasteiger partial charge >= 0.3 is 7.60 Å². The predicted molar refractivity (Wildman–Crippen MR) is 84.2 cm³/mol. The molecule has 0 spiro atoms. The molecule has 0 aromatic rings. The fourth-order valence-electron chi connectivity index (χ4n) is 2.47. The molecule has 0 bridgehead atoms. The fourth-order valence-corrected chi connectivity index (χ4v) is 8.77. The third-order valence-corrected chi connectivity index (χ3v) is 9.88. The fraction of sp³-hybridized carbons (Fsp3) is 0.857. The molecule has 0 amide bonds. The van der Waals surface area contributed by atoms with Gasteiger partial charge in [-0.15, -0.1) is 0 Å². The minimum atomic E-state index is -3.09. The monoisotopic (exact) mass is 304 g/mol. The standard InChI is InChI=1S/C14H29O3PSi/c1-8-10-12-14(3,4)11-13(19(5,6)7)18(15,17-12)16-9-2/h11-12H,8-10H2,1-7H3. The average Bonchev–Trinajstić information content (AvgIpc) is 2.23. The lowest BCUT2D eigenvalue weighted by Crippen LogP contribution is -2.38. The average molecular weight is 304 g/mol. The molecule has 1 aliphatic rings. The van der Waals surface area contributed by atoms with Gasteiger partial charge in [0, 0.05) is 10.4 Å². The van der Waals surface area contributed by atoms with Crippen LogP contribution in [0.1, 0.15) is 40.5 Å². The first-order chi connectivity index (χ1) is 8.57. The van der Waals surface area contributed by atoms with Crippen molar-refractivity contribution in [2.45, 2.75) is 66.3 Å². The molecular weight excluding hydrogens is 275 g/mol. The highest BCUT2D eigenvalue weighted by Gasteiger charge is 2.48. The zero-order valence-electron chi connectivity index (χ0n) is 13.4. The molecule has 1 rings (SSSR count). The predicted octanol–water partition coefficient (Wildman–Crippen LogP) is 5.20. The topological polar surface area (TPSA) is 35.5 Å². The summed E-state index contributed by atoms with van der Waals surface area (Å²) in [6, 6.07) is 0. The van der Waals surface area contributed by atoms with Crippen molar-refractivity contribution in [3.05, 3.63) is 11.0 Å². The van der Waals surface area contributed by atoms with Gasteiger partial charge in [0.2, 0.25) is 0 Å². The van der Waals surface area contributed by atoms with Gasteiger partial charge in [-0.3, -0.25) is 4.57 Å². The van der Waals surface area contributed by atoms with Crippen LogP contribution in [-0.2, 0) is 13.6 Å². The third kappa shape index (κ3) is 3.81. The second-order valence-electron chi connectivity index (χ2n) is 6.90. The van der Waals surface area contributed by atoms with Crippen LogP contribution in [0.5, 0.6) is 0 Å². The smallest absolute Gasteiger partial charge is 0.306 e. The van der Waals surface area contributed by atoms with E-state index in [0.29, 0.717) is 6.61 Å². The summed E-state index contributed by atoms with van der Waals surface area (Å²) in [7, 11) is -4.81. The zero-order chi connectivity index (χ0) is 14.9. The van der Waals surface area contributed by atoms with E-state index in [0.717, 1.165) is 17.8 Å². The van der Waals surface area contributed by atoms with Gasteiger partial charge in [0.25, 0.3) is 0 Å². The van der Waals surface area contributed by atoms with Gasteiger partial charge in [-0.1, -0.05) is 52.9 Å². The van der Waals surface area contributed by atoms with Crippen molar-refractivity contribution in [1.29, 1.82) is 0 Å². The van der Waals surface area contributed by atoms with Gasteiger partial charge in [0.05, 0.1) is 20.8 Å². The SMILES string of the molecule is CCCC1OP(=O)(OCC)C([Si](C)(C)C)=CC1(C)C. The van der Waals surface area contributed by atoms with Crippen LogP contribution >= 0.6 is 7.60 Å². The molecule has 0 aromatic carbocycles. The second kappa shape index (κ2) is 5.85. The Morgan fingerprint density at radius 2 is 1.95 bits per heavy atom. The van der Waals surface area contributed by atoms with Crippen LogP contribution in [0, 0.1) is 5.41 Å². The molecule has 3 nitrogen and oxygen atoms in total. The maximum Gasteiger partial charge on any atom is 0.353 e. The Morgan fingerprint density at radius 1 is 1.37 bits per heavy atom. The Labute approximate surface area is 119 Å². The van der Waals surface area contributed by atoms with Gasteiger partial charge in [-0.05, 0) is 13.3 Å². The van der Waals surface area contributed by atoms with Gasteiger partial charge in [0.15, 0.2) is 0 Å². The van der Waals surface area contributed by atoms with E-state index >= 15 is 0 Å². The maximum atomic E-state index is 13.1. The van der Waals surface area contributed by atoms with E-state index in [1.54, 1.807) is 0 Å². The van der Waals surface area contributed by atoms with E-state index in [1.165, 1.54) is 0 Å². The summed E-state index contributed by atoms with van der Waals surface area (Å²) in [6.45, 7) is 15.4. The highest BCUT2D eigenvalue weighted by atomic mass is 31.2. The molecule has 2 unspecified atom stereocenters. The highest BCUT2D eigenvalue weighted by Crippen LogP contribution is 2.65. The summed E-state index contributed by atoms with van der Waals surface area (Å²) in [5.41, 5.74) is -0.0728. The molecule has 112 valence electrons. The summed E-state index contributed by atoms with van der Waals surface area (Å²) in [5, 5.41) is 0. The second-order valence-corrected chi connectivity index (χ2v) is 14.3. The first kappa shape index (κ1) is 17.2. The first-order valence-corrected chi connectivity index (χ1v) is 12.3. The highest BCUT2D eigenvalue weighted by molar-refractivity contribution is 7.62. The number of rotatable bonds is 5. The normalized spacial score (nSPS) is 31.1. The van der Waals surface area contributed by atoms with Crippen LogP contribution in [-0.4, -0.2) is 20.8 Å². The molecule has 5 heteroatoms. The van der Waals surface area contributed by atoms with Crippen LogP contribution in [0.4, 0.5) is 0 Å². The van der Waals surface area contributed by atoms with Gasteiger partial charge in [-0.25, -0.2) is 0 Å². The van der Waals surface area contributed by atoms with Crippen LogP contribution in [0.25, 0.3) is 0 Å². The molecule has 1 aliphatic heterocycles. The number of hydrogen-bond donors (Lipinski definition) is 0. The van der Waals surface area contributed by atoms with E-state index in [9.17, 15) is 4.57 Å². The summed E-state index contributed by atoms with van der Waals surface area (Å²) < 4.78 is 24.7. The van der Waals surface area contributed by atoms with Crippen molar-refractivity contribution in [3.8, 4) is 0 Å². The quantitative estimate of drug-likeness (QED) is 0.517. The molecule has 0 N–H and O–H groups in total. The van der Waals surface area contributed by atoms with Crippen molar-refractivity contribution in [1.82, 2.24) is 0 Å². The van der Waals surface area contributed by atoms with Gasteiger partial charge < -0.3 is 9.05 Å². The van der Waals surface area contributed by atoms with Gasteiger partial charge in [0.1, 0.15) is 0 Å². The molecule has 1 heterocycles. The van der Waals surface area contributed by atoms with Crippen LogP contribution < -0.4 is 0 Å². The van der Waals surface area contributed by atoms with E-state index in [2.05, 4.69) is 46.5 Å². The zero-order valence-corrected chi connectivity index (χ0v) is 15.3. The Morgan fingerprint density at radius 3 is 2.37 bits per heavy atom. The Hall–Kier alpha value is 0.107. The molecule has 0 aliphatic carbocycles. The number of hydrogen-bond acceptors (Lipinski definition) is 3. The minimum absolute atomic E-state index is 0.0185.